The van der Waals surface area contributed by atoms with Crippen molar-refractivity contribution in [3.63, 3.8) is 0 Å². The highest BCUT2D eigenvalue weighted by molar-refractivity contribution is 5.97. The standard InChI is InChI=1S/C30H36FN7O4/c1-37-10-12-38(13-11-37)26(18-41-2)29(40)35-24-6-4-5-20-21(24)7-8-22(20)28-23(31)17-33-30(36-28)34-19-15-27(42-3)25(9-14-39)32-16-19/h4-6,8,15-17,26,39H,7,9-14,18H2,1-3H3,(H,35,40)(H,33,34,36)/t26-/m1/s1. The van der Waals surface area contributed by atoms with Crippen molar-refractivity contribution in [1.29, 1.82) is 0 Å². The van der Waals surface area contributed by atoms with Gasteiger partial charge in [-0.1, -0.05) is 18.2 Å². The lowest BCUT2D eigenvalue weighted by Crippen LogP contribution is -2.54. The lowest BCUT2D eigenvalue weighted by molar-refractivity contribution is -0.124. The number of anilines is 3. The number of amides is 1. The molecule has 5 rings (SSSR count). The number of benzene rings is 1. The van der Waals surface area contributed by atoms with E-state index in [0.717, 1.165) is 43.5 Å². The highest BCUT2D eigenvalue weighted by atomic mass is 19.1. The normalized spacial score (nSPS) is 16.1. The van der Waals surface area contributed by atoms with Crippen LogP contribution in [0.15, 0.2) is 42.7 Å². The zero-order valence-electron chi connectivity index (χ0n) is 24.1. The van der Waals surface area contributed by atoms with Gasteiger partial charge in [-0.15, -0.1) is 0 Å². The molecule has 42 heavy (non-hydrogen) atoms. The lowest BCUT2D eigenvalue weighted by Gasteiger charge is -2.36. The molecule has 1 amide bonds. The molecule has 222 valence electrons. The number of hydrogen-bond acceptors (Lipinski definition) is 10. The largest absolute Gasteiger partial charge is 0.495 e. The fraction of sp³-hybridized carbons (Fsp3) is 0.400. The molecule has 1 aliphatic carbocycles. The summed E-state index contributed by atoms with van der Waals surface area (Å²) in [5.41, 5.74) is 4.36. The van der Waals surface area contributed by atoms with Gasteiger partial charge in [-0.3, -0.25) is 14.7 Å². The Balaban J connectivity index is 1.35. The number of nitrogens with one attached hydrogen (secondary N) is 2. The summed E-state index contributed by atoms with van der Waals surface area (Å²) in [5, 5.41) is 15.4. The van der Waals surface area contributed by atoms with E-state index in [-0.39, 0.29) is 24.2 Å². The molecule has 1 aromatic carbocycles. The van der Waals surface area contributed by atoms with E-state index in [1.54, 1.807) is 19.4 Å². The Morgan fingerprint density at radius 2 is 1.98 bits per heavy atom. The molecule has 11 nitrogen and oxygen atoms in total. The molecule has 0 radical (unpaired) electrons. The fourth-order valence-corrected chi connectivity index (χ4v) is 5.33. The summed E-state index contributed by atoms with van der Waals surface area (Å²) in [4.78, 5) is 30.8. The summed E-state index contributed by atoms with van der Waals surface area (Å²) < 4.78 is 25.9. The maximum Gasteiger partial charge on any atom is 0.244 e. The van der Waals surface area contributed by atoms with Crippen LogP contribution in [0.4, 0.5) is 21.7 Å². The number of likely N-dealkylation sites (N-methyl/N-ethyl adjacent to an activating group) is 1. The van der Waals surface area contributed by atoms with Gasteiger partial charge < -0.3 is 30.1 Å². The van der Waals surface area contributed by atoms with E-state index >= 15 is 4.39 Å². The smallest absolute Gasteiger partial charge is 0.244 e. The van der Waals surface area contributed by atoms with Crippen molar-refractivity contribution in [2.45, 2.75) is 18.9 Å². The second-order valence-electron chi connectivity index (χ2n) is 10.3. The van der Waals surface area contributed by atoms with Crippen LogP contribution in [0.25, 0.3) is 5.57 Å². The first-order valence-corrected chi connectivity index (χ1v) is 13.9. The first-order chi connectivity index (χ1) is 20.4. The minimum absolute atomic E-state index is 0.0491. The monoisotopic (exact) mass is 577 g/mol. The molecule has 1 saturated heterocycles. The number of aromatic nitrogens is 3. The van der Waals surface area contributed by atoms with Crippen LogP contribution in [-0.2, 0) is 22.4 Å². The molecule has 0 saturated carbocycles. The molecule has 3 heterocycles. The second kappa shape index (κ2) is 13.3. The lowest BCUT2D eigenvalue weighted by atomic mass is 10.0. The number of nitrogens with zero attached hydrogens (tertiary/aromatic N) is 5. The number of allylic oxidation sites excluding steroid dienone is 1. The third kappa shape index (κ3) is 6.41. The van der Waals surface area contributed by atoms with Crippen LogP contribution in [0.1, 0.15) is 22.5 Å². The minimum atomic E-state index is -0.557. The highest BCUT2D eigenvalue weighted by Crippen LogP contribution is 2.37. The summed E-state index contributed by atoms with van der Waals surface area (Å²) in [7, 11) is 5.20. The van der Waals surface area contributed by atoms with Crippen molar-refractivity contribution in [2.75, 3.05) is 71.3 Å². The zero-order valence-corrected chi connectivity index (χ0v) is 24.1. The molecule has 12 heteroatoms. The first-order valence-electron chi connectivity index (χ1n) is 13.9. The molecule has 2 aliphatic rings. The van der Waals surface area contributed by atoms with Gasteiger partial charge >= 0.3 is 0 Å². The van der Waals surface area contributed by atoms with Gasteiger partial charge in [0.25, 0.3) is 0 Å². The Labute approximate surface area is 244 Å². The molecule has 1 aliphatic heterocycles. The maximum absolute atomic E-state index is 15.1. The Kier molecular flexibility index (Phi) is 9.38. The van der Waals surface area contributed by atoms with Crippen LogP contribution >= 0.6 is 0 Å². The average Bonchev–Trinajstić information content (AvgIpc) is 3.43. The van der Waals surface area contributed by atoms with Crippen molar-refractivity contribution in [3.05, 3.63) is 71.1 Å². The van der Waals surface area contributed by atoms with Crippen molar-refractivity contribution < 1.29 is 23.8 Å². The SMILES string of the molecule is COC[C@H](C(=O)Nc1cccc2c1CC=C2c1nc(Nc2cnc(CCO)c(OC)c2)ncc1F)N1CCN(C)CC1. The van der Waals surface area contributed by atoms with Gasteiger partial charge in [0.15, 0.2) is 5.82 Å². The van der Waals surface area contributed by atoms with Crippen molar-refractivity contribution in [3.8, 4) is 5.75 Å². The van der Waals surface area contributed by atoms with Gasteiger partial charge in [0.1, 0.15) is 17.5 Å². The number of carbonyl (C=O) groups is 1. The summed E-state index contributed by atoms with van der Waals surface area (Å²) in [6, 6.07) is 6.93. The average molecular weight is 578 g/mol. The van der Waals surface area contributed by atoms with E-state index in [0.29, 0.717) is 47.8 Å². The van der Waals surface area contributed by atoms with E-state index in [4.69, 9.17) is 9.47 Å². The van der Waals surface area contributed by atoms with Crippen LogP contribution < -0.4 is 15.4 Å². The van der Waals surface area contributed by atoms with Crippen LogP contribution in [0.3, 0.4) is 0 Å². The quantitative estimate of drug-likeness (QED) is 0.313. The number of rotatable bonds is 11. The number of aliphatic hydroxyl groups is 1. The second-order valence-corrected chi connectivity index (χ2v) is 10.3. The van der Waals surface area contributed by atoms with Gasteiger partial charge in [0.2, 0.25) is 11.9 Å². The number of methoxy groups -OCH3 is 2. The molecule has 1 atom stereocenters. The minimum Gasteiger partial charge on any atom is -0.495 e. The molecule has 3 N–H and O–H groups in total. The summed E-state index contributed by atoms with van der Waals surface area (Å²) >= 11 is 0. The van der Waals surface area contributed by atoms with E-state index < -0.39 is 11.9 Å². The summed E-state index contributed by atoms with van der Waals surface area (Å²) in [6.45, 7) is 3.60. The van der Waals surface area contributed by atoms with Gasteiger partial charge in [-0.2, -0.15) is 0 Å². The third-order valence-electron chi connectivity index (χ3n) is 7.59. The summed E-state index contributed by atoms with van der Waals surface area (Å²) in [6.07, 6.45) is 5.50. The molecule has 1 fully saturated rings. The molecular weight excluding hydrogens is 541 g/mol. The number of hydrogen-bond donors (Lipinski definition) is 3. The van der Waals surface area contributed by atoms with E-state index in [9.17, 15) is 9.90 Å². The first kappa shape index (κ1) is 29.5. The van der Waals surface area contributed by atoms with Crippen LogP contribution in [0, 0.1) is 5.82 Å². The number of carbonyl (C=O) groups excluding carboxylic acids is 1. The number of piperazine rings is 1. The van der Waals surface area contributed by atoms with E-state index in [1.165, 1.54) is 7.11 Å². The Bertz CT molecular complexity index is 1460. The topological polar surface area (TPSA) is 125 Å². The molecule has 2 aromatic heterocycles. The fourth-order valence-electron chi connectivity index (χ4n) is 5.33. The van der Waals surface area contributed by atoms with Crippen molar-refractivity contribution in [2.24, 2.45) is 0 Å². The summed E-state index contributed by atoms with van der Waals surface area (Å²) in [5.74, 6) is 0.0209. The predicted octanol–water partition coefficient (Wildman–Crippen LogP) is 2.49. The Hall–Kier alpha value is -3.97. The predicted molar refractivity (Wildman–Crippen MR) is 157 cm³/mol. The van der Waals surface area contributed by atoms with Crippen LogP contribution in [0.5, 0.6) is 5.75 Å². The number of fused-ring (bicyclic) bond motifs is 1. The highest BCUT2D eigenvalue weighted by Gasteiger charge is 2.30. The number of pyridine rings is 1. The number of halogens is 1. The van der Waals surface area contributed by atoms with Crippen LogP contribution in [-0.4, -0.2) is 102 Å². The van der Waals surface area contributed by atoms with E-state index in [2.05, 4.69) is 42.4 Å². The van der Waals surface area contributed by atoms with Crippen LogP contribution in [0.2, 0.25) is 0 Å². The molecule has 0 unspecified atom stereocenters. The molecule has 3 aromatic rings. The maximum atomic E-state index is 15.1. The number of ether oxygens (including phenoxy) is 2. The Morgan fingerprint density at radius 1 is 1.17 bits per heavy atom. The van der Waals surface area contributed by atoms with Gasteiger partial charge in [-0.25, -0.2) is 14.4 Å². The number of aliphatic hydroxyl groups excluding tert-OH is 1. The van der Waals surface area contributed by atoms with Crippen molar-refractivity contribution in [1.82, 2.24) is 24.8 Å². The zero-order chi connectivity index (χ0) is 29.6. The van der Waals surface area contributed by atoms with Crippen molar-refractivity contribution >= 4 is 28.8 Å². The van der Waals surface area contributed by atoms with Gasteiger partial charge in [0, 0.05) is 63.6 Å². The van der Waals surface area contributed by atoms with Gasteiger partial charge in [0.05, 0.1) is 37.5 Å². The van der Waals surface area contributed by atoms with Gasteiger partial charge in [-0.05, 0) is 30.7 Å². The van der Waals surface area contributed by atoms with E-state index in [1.807, 2.05) is 24.3 Å². The molecule has 0 spiro atoms. The third-order valence-corrected chi connectivity index (χ3v) is 7.59. The molecular formula is C30H36FN7O4. The molecule has 0 bridgehead atoms. The Morgan fingerprint density at radius 3 is 2.71 bits per heavy atom.